The van der Waals surface area contributed by atoms with Crippen LogP contribution in [0.5, 0.6) is 0 Å². The molecule has 44 heavy (non-hydrogen) atoms. The fourth-order valence-electron chi connectivity index (χ4n) is 7.54. The molecule has 2 heteroatoms. The van der Waals surface area contributed by atoms with Gasteiger partial charge in [-0.05, 0) is 100 Å². The van der Waals surface area contributed by atoms with Crippen molar-refractivity contribution in [1.82, 2.24) is 4.98 Å². The van der Waals surface area contributed by atoms with E-state index in [1.54, 1.807) is 0 Å². The predicted molar refractivity (Wildman–Crippen MR) is 186 cm³/mol. The molecule has 1 aromatic heterocycles. The number of hydrogen-bond acceptors (Lipinski definition) is 1. The van der Waals surface area contributed by atoms with Crippen molar-refractivity contribution in [2.75, 3.05) is 0 Å². The quantitative estimate of drug-likeness (QED) is 0.166. The molecule has 204 valence electrons. The van der Waals surface area contributed by atoms with E-state index in [2.05, 4.69) is 132 Å². The normalized spacial score (nSPS) is 12.1. The Bertz CT molecular complexity index is 2560. The van der Waals surface area contributed by atoms with Gasteiger partial charge in [0.1, 0.15) is 0 Å². The summed E-state index contributed by atoms with van der Waals surface area (Å²) in [6.45, 7) is 0. The first-order valence-electron chi connectivity index (χ1n) is 15.1. The molecular weight excluding hydrogens is 534 g/mol. The van der Waals surface area contributed by atoms with Gasteiger partial charge in [0, 0.05) is 0 Å². The lowest BCUT2D eigenvalue weighted by atomic mass is 9.80. The first-order valence-corrected chi connectivity index (χ1v) is 15.1. The minimum Gasteiger partial charge on any atom is -0.453 e. The van der Waals surface area contributed by atoms with Crippen molar-refractivity contribution in [3.05, 3.63) is 146 Å². The zero-order valence-corrected chi connectivity index (χ0v) is 23.8. The summed E-state index contributed by atoms with van der Waals surface area (Å²) in [6, 6.07) is 52.5. The second-order valence-electron chi connectivity index (χ2n) is 11.7. The van der Waals surface area contributed by atoms with E-state index in [1.165, 1.54) is 76.1 Å². The lowest BCUT2D eigenvalue weighted by molar-refractivity contribution is 0.657. The van der Waals surface area contributed by atoms with Gasteiger partial charge in [0.2, 0.25) is 0 Å². The van der Waals surface area contributed by atoms with Crippen LogP contribution in [0, 0.1) is 0 Å². The third kappa shape index (κ3) is 3.20. The van der Waals surface area contributed by atoms with Crippen molar-refractivity contribution in [3.8, 4) is 22.3 Å². The summed E-state index contributed by atoms with van der Waals surface area (Å²) >= 11 is 0. The number of nitrogens with one attached hydrogen (secondary N) is 1. The lowest BCUT2D eigenvalue weighted by Gasteiger charge is -2.23. The van der Waals surface area contributed by atoms with Gasteiger partial charge in [-0.15, -0.1) is 0 Å². The number of para-hydroxylation sites is 2. The molecule has 9 aromatic carbocycles. The molecule has 0 saturated carbocycles. The van der Waals surface area contributed by atoms with E-state index in [0.717, 1.165) is 22.2 Å². The van der Waals surface area contributed by atoms with Gasteiger partial charge in [-0.2, -0.15) is 0 Å². The van der Waals surface area contributed by atoms with E-state index in [-0.39, 0.29) is 0 Å². The smallest absolute Gasteiger partial charge is 0.151 e. The summed E-state index contributed by atoms with van der Waals surface area (Å²) < 4.78 is 6.56. The Kier molecular flexibility index (Phi) is 4.75. The van der Waals surface area contributed by atoms with E-state index in [1.807, 2.05) is 18.2 Å². The minimum absolute atomic E-state index is 0.837. The van der Waals surface area contributed by atoms with Crippen LogP contribution < -0.4 is 0 Å². The standard InChI is InChI=1S/C42H25NO/c1-3-11-25(12-4-1)39-31-23-34-36(44-35-20-8-7-19-33(35)43-34)24-32(31)40(26-13-5-2-6-14-26)42-30-18-10-16-28-22-21-27-15-9-17-29(41(39)42)37(27)38(28)30/h1-24,43H. The number of rotatable bonds is 2. The number of fused-ring (bicyclic) bond motifs is 6. The number of aromatic amines is 1. The number of aromatic nitrogens is 1. The second kappa shape index (κ2) is 8.82. The van der Waals surface area contributed by atoms with E-state index in [0.29, 0.717) is 0 Å². The summed E-state index contributed by atoms with van der Waals surface area (Å²) in [4.78, 5) is 3.68. The molecule has 0 unspecified atom stereocenters. The van der Waals surface area contributed by atoms with Gasteiger partial charge in [0.05, 0.1) is 11.0 Å². The highest BCUT2D eigenvalue weighted by Crippen LogP contribution is 2.51. The minimum atomic E-state index is 0.837. The molecule has 0 spiro atoms. The highest BCUT2D eigenvalue weighted by atomic mass is 16.3. The monoisotopic (exact) mass is 559 g/mol. The van der Waals surface area contributed by atoms with E-state index < -0.39 is 0 Å². The summed E-state index contributed by atoms with van der Waals surface area (Å²) in [5.41, 5.74) is 8.51. The van der Waals surface area contributed by atoms with Crippen molar-refractivity contribution in [2.24, 2.45) is 0 Å². The van der Waals surface area contributed by atoms with Crippen LogP contribution in [0.25, 0.3) is 98.3 Å². The zero-order valence-electron chi connectivity index (χ0n) is 23.8. The molecule has 10 rings (SSSR count). The summed E-state index contributed by atoms with van der Waals surface area (Å²) in [5.74, 6) is 0. The third-order valence-corrected chi connectivity index (χ3v) is 9.33. The zero-order chi connectivity index (χ0) is 28.8. The molecule has 0 amide bonds. The Morgan fingerprint density at radius 2 is 0.909 bits per heavy atom. The van der Waals surface area contributed by atoms with Crippen LogP contribution in [0.4, 0.5) is 0 Å². The molecule has 10 aromatic rings. The van der Waals surface area contributed by atoms with Crippen LogP contribution in [-0.4, -0.2) is 4.98 Å². The van der Waals surface area contributed by atoms with Crippen LogP contribution in [0.2, 0.25) is 0 Å². The second-order valence-corrected chi connectivity index (χ2v) is 11.7. The number of H-pyrrole nitrogens is 1. The fraction of sp³-hybridized carbons (Fsp3) is 0. The molecular formula is C42H25NO. The van der Waals surface area contributed by atoms with Crippen LogP contribution in [-0.2, 0) is 0 Å². The van der Waals surface area contributed by atoms with E-state index in [9.17, 15) is 0 Å². The molecule has 1 heterocycles. The molecule has 1 N–H and O–H groups in total. The summed E-state index contributed by atoms with van der Waals surface area (Å²) in [7, 11) is 0. The van der Waals surface area contributed by atoms with Crippen LogP contribution >= 0.6 is 0 Å². The number of benzene rings is 9. The fourth-order valence-corrected chi connectivity index (χ4v) is 7.54. The van der Waals surface area contributed by atoms with Gasteiger partial charge in [0.15, 0.2) is 11.2 Å². The first-order chi connectivity index (χ1) is 21.8. The Balaban J connectivity index is 1.57. The van der Waals surface area contributed by atoms with Crippen molar-refractivity contribution >= 4 is 76.1 Å². The summed E-state index contributed by atoms with van der Waals surface area (Å²) in [5, 5.41) is 12.7. The van der Waals surface area contributed by atoms with Crippen molar-refractivity contribution in [1.29, 1.82) is 0 Å². The maximum atomic E-state index is 6.56. The van der Waals surface area contributed by atoms with Crippen LogP contribution in [0.15, 0.2) is 150 Å². The van der Waals surface area contributed by atoms with Crippen molar-refractivity contribution < 1.29 is 4.42 Å². The Morgan fingerprint density at radius 3 is 1.52 bits per heavy atom. The largest absolute Gasteiger partial charge is 0.453 e. The predicted octanol–water partition coefficient (Wildman–Crippen LogP) is 12.0. The highest BCUT2D eigenvalue weighted by Gasteiger charge is 2.23. The van der Waals surface area contributed by atoms with Gasteiger partial charge in [-0.25, -0.2) is 0 Å². The van der Waals surface area contributed by atoms with Gasteiger partial charge in [-0.1, -0.05) is 121 Å². The molecule has 0 aliphatic carbocycles. The van der Waals surface area contributed by atoms with Gasteiger partial charge in [0.25, 0.3) is 0 Å². The van der Waals surface area contributed by atoms with Gasteiger partial charge in [-0.3, -0.25) is 0 Å². The average Bonchev–Trinajstić information content (AvgIpc) is 3.09. The van der Waals surface area contributed by atoms with E-state index >= 15 is 0 Å². The highest BCUT2D eigenvalue weighted by molar-refractivity contribution is 6.41. The van der Waals surface area contributed by atoms with Crippen LogP contribution in [0.3, 0.4) is 0 Å². The maximum absolute atomic E-state index is 6.56. The number of hydrogen-bond donors (Lipinski definition) is 1. The summed E-state index contributed by atoms with van der Waals surface area (Å²) in [6.07, 6.45) is 0. The van der Waals surface area contributed by atoms with Crippen molar-refractivity contribution in [2.45, 2.75) is 0 Å². The Hall–Kier alpha value is -5.86. The topological polar surface area (TPSA) is 28.9 Å². The van der Waals surface area contributed by atoms with Crippen LogP contribution in [0.1, 0.15) is 0 Å². The maximum Gasteiger partial charge on any atom is 0.151 e. The van der Waals surface area contributed by atoms with Gasteiger partial charge >= 0.3 is 0 Å². The molecule has 2 nitrogen and oxygen atoms in total. The SMILES string of the molecule is c1ccc(-c2c3cc4[nH]c5ccccc5oc4cc3c(-c3ccccc3)c3c4cccc5ccc6cccc(c23)c6c54)cc1. The van der Waals surface area contributed by atoms with Gasteiger partial charge < -0.3 is 9.40 Å². The van der Waals surface area contributed by atoms with Crippen molar-refractivity contribution in [3.63, 3.8) is 0 Å². The lowest BCUT2D eigenvalue weighted by Crippen LogP contribution is -1.95. The molecule has 0 aliphatic rings. The molecule has 0 saturated heterocycles. The Labute approximate surface area is 252 Å². The average molecular weight is 560 g/mol. The molecule has 0 radical (unpaired) electrons. The first kappa shape index (κ1) is 23.7. The third-order valence-electron chi connectivity index (χ3n) is 9.33. The molecule has 0 aliphatic heterocycles. The molecule has 0 bridgehead atoms. The molecule has 0 fully saturated rings. The Morgan fingerprint density at radius 1 is 0.364 bits per heavy atom. The van der Waals surface area contributed by atoms with E-state index in [4.69, 9.17) is 4.42 Å². The molecule has 0 atom stereocenters.